The second kappa shape index (κ2) is 2.17. The number of hydrogen-bond acceptors (Lipinski definition) is 1. The molecule has 0 aliphatic carbocycles. The molecule has 0 fully saturated rings. The summed E-state index contributed by atoms with van der Waals surface area (Å²) in [6.45, 7) is 0.896. The standard InChI is InChI=1S/C5H9BO/c7-5-6-3-1-2-4-6/h1-2,7H,3-5H2. The Hall–Kier alpha value is -0.235. The summed E-state index contributed by atoms with van der Waals surface area (Å²) in [4.78, 5) is 0. The van der Waals surface area contributed by atoms with Crippen molar-refractivity contribution in [2.24, 2.45) is 0 Å². The number of hydrogen-bond donors (Lipinski definition) is 1. The SMILES string of the molecule is OCB1CC=CC1. The lowest BCUT2D eigenvalue weighted by Gasteiger charge is -1.93. The van der Waals surface area contributed by atoms with E-state index >= 15 is 0 Å². The number of allylic oxidation sites excluding steroid dienone is 2. The molecular formula is C5H9BO. The molecular weight excluding hydrogens is 86.9 g/mol. The Morgan fingerprint density at radius 2 is 2.00 bits per heavy atom. The topological polar surface area (TPSA) is 20.2 Å². The minimum absolute atomic E-state index is 0.354. The van der Waals surface area contributed by atoms with E-state index in [2.05, 4.69) is 12.2 Å². The van der Waals surface area contributed by atoms with Gasteiger partial charge < -0.3 is 5.11 Å². The Bertz CT molecular complexity index is 72.1. The fraction of sp³-hybridized carbons (Fsp3) is 0.600. The summed E-state index contributed by atoms with van der Waals surface area (Å²) in [6.07, 6.45) is 6.41. The third-order valence-corrected chi connectivity index (χ3v) is 1.36. The van der Waals surface area contributed by atoms with Crippen molar-refractivity contribution in [1.82, 2.24) is 0 Å². The lowest BCUT2D eigenvalue weighted by molar-refractivity contribution is 0.362. The second-order valence-corrected chi connectivity index (χ2v) is 1.99. The van der Waals surface area contributed by atoms with Crippen LogP contribution in [0.25, 0.3) is 0 Å². The highest BCUT2D eigenvalue weighted by Crippen LogP contribution is 2.08. The number of aliphatic hydroxyl groups is 1. The highest BCUT2D eigenvalue weighted by Gasteiger charge is 2.11. The van der Waals surface area contributed by atoms with Gasteiger partial charge in [-0.2, -0.15) is 0 Å². The quantitative estimate of drug-likeness (QED) is 0.374. The molecule has 7 heavy (non-hydrogen) atoms. The highest BCUT2D eigenvalue weighted by atomic mass is 16.2. The van der Waals surface area contributed by atoms with Crippen LogP contribution in [0.4, 0.5) is 0 Å². The van der Waals surface area contributed by atoms with Gasteiger partial charge in [0, 0.05) is 6.51 Å². The number of rotatable bonds is 1. The predicted octanol–water partition coefficient (Wildman–Crippen LogP) is 0.583. The van der Waals surface area contributed by atoms with E-state index in [1.807, 2.05) is 0 Å². The Balaban J connectivity index is 2.22. The molecule has 1 aliphatic rings. The molecule has 0 atom stereocenters. The summed E-state index contributed by atoms with van der Waals surface area (Å²) < 4.78 is 0. The van der Waals surface area contributed by atoms with Crippen LogP contribution in [0.3, 0.4) is 0 Å². The Kier molecular flexibility index (Phi) is 1.52. The molecule has 0 amide bonds. The summed E-state index contributed by atoms with van der Waals surface area (Å²) in [5.74, 6) is 0. The molecule has 0 unspecified atom stereocenters. The van der Waals surface area contributed by atoms with E-state index in [1.54, 1.807) is 0 Å². The Labute approximate surface area is 44.1 Å². The number of aliphatic hydroxyl groups excluding tert-OH is 1. The first-order chi connectivity index (χ1) is 3.43. The molecule has 1 aliphatic heterocycles. The first-order valence-corrected chi connectivity index (χ1v) is 2.69. The van der Waals surface area contributed by atoms with Crippen molar-refractivity contribution < 1.29 is 5.11 Å². The lowest BCUT2D eigenvalue weighted by Crippen LogP contribution is -2.12. The van der Waals surface area contributed by atoms with Crippen LogP contribution in [0.2, 0.25) is 12.6 Å². The Morgan fingerprint density at radius 1 is 1.43 bits per heavy atom. The van der Waals surface area contributed by atoms with Crippen molar-refractivity contribution in [2.45, 2.75) is 12.6 Å². The van der Waals surface area contributed by atoms with Gasteiger partial charge in [-0.3, -0.25) is 0 Å². The van der Waals surface area contributed by atoms with Crippen LogP contribution in [0.1, 0.15) is 0 Å². The summed E-state index contributed by atoms with van der Waals surface area (Å²) in [6, 6.07) is 0. The molecule has 0 radical (unpaired) electrons. The van der Waals surface area contributed by atoms with Gasteiger partial charge in [0.05, 0.1) is 0 Å². The van der Waals surface area contributed by atoms with Gasteiger partial charge in [0.1, 0.15) is 0 Å². The maximum absolute atomic E-state index is 8.53. The molecule has 0 bridgehead atoms. The summed E-state index contributed by atoms with van der Waals surface area (Å²) in [5.41, 5.74) is 0. The summed E-state index contributed by atoms with van der Waals surface area (Å²) in [5, 5.41) is 8.53. The van der Waals surface area contributed by atoms with Gasteiger partial charge >= 0.3 is 0 Å². The van der Waals surface area contributed by atoms with E-state index in [0.29, 0.717) is 13.2 Å². The molecule has 1 nitrogen and oxygen atoms in total. The first kappa shape index (κ1) is 4.91. The van der Waals surface area contributed by atoms with Crippen molar-refractivity contribution in [3.05, 3.63) is 12.2 Å². The second-order valence-electron chi connectivity index (χ2n) is 1.99. The maximum atomic E-state index is 8.53. The van der Waals surface area contributed by atoms with Crippen molar-refractivity contribution in [3.63, 3.8) is 0 Å². The minimum atomic E-state index is 0.354. The van der Waals surface area contributed by atoms with E-state index in [0.717, 1.165) is 12.6 Å². The van der Waals surface area contributed by atoms with Crippen LogP contribution in [0, 0.1) is 0 Å². The largest absolute Gasteiger partial charge is 0.405 e. The zero-order valence-corrected chi connectivity index (χ0v) is 4.30. The van der Waals surface area contributed by atoms with Gasteiger partial charge in [0.15, 0.2) is 6.71 Å². The van der Waals surface area contributed by atoms with Crippen molar-refractivity contribution in [2.75, 3.05) is 6.51 Å². The molecule has 2 heteroatoms. The molecule has 0 aromatic rings. The van der Waals surface area contributed by atoms with Crippen molar-refractivity contribution >= 4 is 6.71 Å². The molecule has 1 rings (SSSR count). The molecule has 0 aromatic heterocycles. The monoisotopic (exact) mass is 96.1 g/mol. The van der Waals surface area contributed by atoms with Gasteiger partial charge in [-0.05, 0) is 0 Å². The summed E-state index contributed by atoms with van der Waals surface area (Å²) >= 11 is 0. The van der Waals surface area contributed by atoms with Gasteiger partial charge in [-0.25, -0.2) is 0 Å². The molecule has 1 heterocycles. The van der Waals surface area contributed by atoms with Crippen LogP contribution in [0.15, 0.2) is 12.2 Å². The van der Waals surface area contributed by atoms with E-state index < -0.39 is 0 Å². The van der Waals surface area contributed by atoms with Crippen LogP contribution < -0.4 is 0 Å². The van der Waals surface area contributed by atoms with Crippen molar-refractivity contribution in [3.8, 4) is 0 Å². The Morgan fingerprint density at radius 3 is 2.29 bits per heavy atom. The fourth-order valence-electron chi connectivity index (χ4n) is 0.823. The minimum Gasteiger partial charge on any atom is -0.405 e. The average molecular weight is 95.9 g/mol. The van der Waals surface area contributed by atoms with Crippen LogP contribution in [-0.4, -0.2) is 18.3 Å². The molecule has 38 valence electrons. The van der Waals surface area contributed by atoms with Gasteiger partial charge in [0.25, 0.3) is 0 Å². The van der Waals surface area contributed by atoms with Crippen molar-refractivity contribution in [1.29, 1.82) is 0 Å². The van der Waals surface area contributed by atoms with Crippen LogP contribution >= 0.6 is 0 Å². The van der Waals surface area contributed by atoms with Crippen LogP contribution in [0.5, 0.6) is 0 Å². The van der Waals surface area contributed by atoms with Gasteiger partial charge in [-0.15, -0.1) is 0 Å². The van der Waals surface area contributed by atoms with Gasteiger partial charge in [0.2, 0.25) is 0 Å². The third kappa shape index (κ3) is 1.06. The lowest BCUT2D eigenvalue weighted by atomic mass is 9.49. The molecule has 0 saturated carbocycles. The van der Waals surface area contributed by atoms with E-state index in [1.165, 1.54) is 0 Å². The molecule has 0 aromatic carbocycles. The third-order valence-electron chi connectivity index (χ3n) is 1.36. The first-order valence-electron chi connectivity index (χ1n) is 2.69. The fourth-order valence-corrected chi connectivity index (χ4v) is 0.823. The molecule has 0 spiro atoms. The maximum Gasteiger partial charge on any atom is 0.179 e. The van der Waals surface area contributed by atoms with E-state index in [9.17, 15) is 0 Å². The van der Waals surface area contributed by atoms with Crippen LogP contribution in [-0.2, 0) is 0 Å². The zero-order valence-electron chi connectivity index (χ0n) is 4.30. The smallest absolute Gasteiger partial charge is 0.179 e. The normalized spacial score (nSPS) is 18.7. The van der Waals surface area contributed by atoms with Gasteiger partial charge in [-0.1, -0.05) is 24.8 Å². The summed E-state index contributed by atoms with van der Waals surface area (Å²) in [7, 11) is 0. The van der Waals surface area contributed by atoms with E-state index in [4.69, 9.17) is 5.11 Å². The predicted molar refractivity (Wildman–Crippen MR) is 31.6 cm³/mol. The molecule has 1 N–H and O–H groups in total. The highest BCUT2D eigenvalue weighted by molar-refractivity contribution is 6.60. The molecule has 0 saturated heterocycles. The average Bonchev–Trinajstić information content (AvgIpc) is 2.14. The zero-order chi connectivity index (χ0) is 5.11. The van der Waals surface area contributed by atoms with E-state index in [-0.39, 0.29) is 0 Å².